The summed E-state index contributed by atoms with van der Waals surface area (Å²) in [6.45, 7) is 4.61. The fourth-order valence-corrected chi connectivity index (χ4v) is 3.61. The van der Waals surface area contributed by atoms with Crippen LogP contribution in [0.1, 0.15) is 13.8 Å². The second-order valence-electron chi connectivity index (χ2n) is 7.11. The standard InChI is InChI=1S/C20H17BN4O/c1-20(2,21)25-12-24(18-16(25)9-5-10-22-18)15-8-3-6-13-14-7-4-11-23-19(14)26-17(13)15/h3-11H,12H2,1-2H3. The third-order valence-electron chi connectivity index (χ3n) is 4.84. The average Bonchev–Trinajstić information content (AvgIpc) is 3.20. The molecular formula is C20H17BN4O. The molecule has 3 aromatic heterocycles. The van der Waals surface area contributed by atoms with E-state index in [0.29, 0.717) is 12.4 Å². The van der Waals surface area contributed by atoms with E-state index in [1.54, 1.807) is 12.4 Å². The molecule has 2 radical (unpaired) electrons. The predicted molar refractivity (Wildman–Crippen MR) is 105 cm³/mol. The summed E-state index contributed by atoms with van der Waals surface area (Å²) in [6.07, 6.45) is 3.55. The molecule has 0 saturated carbocycles. The Bertz CT molecular complexity index is 1130. The molecule has 0 bridgehead atoms. The van der Waals surface area contributed by atoms with Crippen molar-refractivity contribution in [2.45, 2.75) is 19.3 Å². The van der Waals surface area contributed by atoms with Crippen LogP contribution >= 0.6 is 0 Å². The molecule has 0 saturated heterocycles. The molecule has 0 N–H and O–H groups in total. The summed E-state index contributed by atoms with van der Waals surface area (Å²) in [5.41, 5.74) is 2.94. The molecular weight excluding hydrogens is 323 g/mol. The van der Waals surface area contributed by atoms with Gasteiger partial charge in [0.15, 0.2) is 11.4 Å². The number of anilines is 3. The SMILES string of the molecule is [B]C(C)(C)N1CN(c2cccc3c2oc2ncccc23)c2ncccc21. The van der Waals surface area contributed by atoms with Crippen molar-refractivity contribution in [1.82, 2.24) is 9.97 Å². The Kier molecular flexibility index (Phi) is 3.07. The molecule has 26 heavy (non-hydrogen) atoms. The molecule has 1 aliphatic rings. The van der Waals surface area contributed by atoms with Gasteiger partial charge in [0.05, 0.1) is 18.0 Å². The molecule has 4 aromatic rings. The van der Waals surface area contributed by atoms with Gasteiger partial charge in [0.25, 0.3) is 0 Å². The van der Waals surface area contributed by atoms with Crippen LogP contribution in [-0.4, -0.2) is 29.9 Å². The largest absolute Gasteiger partial charge is 0.436 e. The third kappa shape index (κ3) is 2.11. The lowest BCUT2D eigenvalue weighted by Crippen LogP contribution is -2.45. The second-order valence-corrected chi connectivity index (χ2v) is 7.11. The minimum absolute atomic E-state index is 0.504. The van der Waals surface area contributed by atoms with Crippen molar-refractivity contribution in [1.29, 1.82) is 0 Å². The molecule has 4 heterocycles. The first-order valence-electron chi connectivity index (χ1n) is 8.59. The third-order valence-corrected chi connectivity index (χ3v) is 4.84. The molecule has 0 amide bonds. The van der Waals surface area contributed by atoms with E-state index in [2.05, 4.69) is 38.0 Å². The predicted octanol–water partition coefficient (Wildman–Crippen LogP) is 4.20. The van der Waals surface area contributed by atoms with Gasteiger partial charge in [-0.25, -0.2) is 9.97 Å². The Hall–Kier alpha value is -3.02. The van der Waals surface area contributed by atoms with Gasteiger partial charge in [0, 0.05) is 23.2 Å². The smallest absolute Gasteiger partial charge is 0.227 e. The van der Waals surface area contributed by atoms with E-state index < -0.39 is 5.44 Å². The lowest BCUT2D eigenvalue weighted by atomic mass is 9.80. The minimum atomic E-state index is -0.504. The number of aromatic nitrogens is 2. The van der Waals surface area contributed by atoms with Gasteiger partial charge in [-0.05, 0) is 35.8 Å². The minimum Gasteiger partial charge on any atom is -0.436 e. The molecule has 1 aromatic carbocycles. The highest BCUT2D eigenvalue weighted by molar-refractivity contribution is 6.17. The number of benzene rings is 1. The molecule has 6 heteroatoms. The van der Waals surface area contributed by atoms with E-state index in [1.807, 2.05) is 38.1 Å². The van der Waals surface area contributed by atoms with Crippen LogP contribution in [-0.2, 0) is 0 Å². The van der Waals surface area contributed by atoms with Crippen molar-refractivity contribution in [3.63, 3.8) is 0 Å². The number of nitrogens with zero attached hydrogens (tertiary/aromatic N) is 4. The molecule has 0 spiro atoms. The zero-order chi connectivity index (χ0) is 17.9. The zero-order valence-corrected chi connectivity index (χ0v) is 14.7. The average molecular weight is 340 g/mol. The topological polar surface area (TPSA) is 45.4 Å². The van der Waals surface area contributed by atoms with Crippen molar-refractivity contribution in [2.24, 2.45) is 0 Å². The van der Waals surface area contributed by atoms with Crippen LogP contribution in [0.4, 0.5) is 17.2 Å². The van der Waals surface area contributed by atoms with Crippen LogP contribution in [0.2, 0.25) is 0 Å². The highest BCUT2D eigenvalue weighted by atomic mass is 16.3. The maximum absolute atomic E-state index is 6.41. The number of para-hydroxylation sites is 1. The molecule has 0 unspecified atom stereocenters. The lowest BCUT2D eigenvalue weighted by molar-refractivity contribution is 0.636. The van der Waals surface area contributed by atoms with Gasteiger partial charge in [0.1, 0.15) is 7.85 Å². The fraction of sp³-hybridized carbons (Fsp3) is 0.200. The number of rotatable bonds is 2. The Balaban J connectivity index is 1.74. The van der Waals surface area contributed by atoms with Crippen LogP contribution in [0.5, 0.6) is 0 Å². The maximum Gasteiger partial charge on any atom is 0.227 e. The highest BCUT2D eigenvalue weighted by Crippen LogP contribution is 2.44. The van der Waals surface area contributed by atoms with Crippen molar-refractivity contribution < 1.29 is 4.42 Å². The van der Waals surface area contributed by atoms with E-state index in [9.17, 15) is 0 Å². The van der Waals surface area contributed by atoms with Gasteiger partial charge >= 0.3 is 0 Å². The van der Waals surface area contributed by atoms with Crippen molar-refractivity contribution >= 4 is 47.1 Å². The lowest BCUT2D eigenvalue weighted by Gasteiger charge is -2.34. The summed E-state index contributed by atoms with van der Waals surface area (Å²) < 4.78 is 6.10. The molecule has 1 aliphatic heterocycles. The van der Waals surface area contributed by atoms with Crippen molar-refractivity contribution in [3.8, 4) is 0 Å². The van der Waals surface area contributed by atoms with E-state index >= 15 is 0 Å². The first-order valence-corrected chi connectivity index (χ1v) is 8.59. The zero-order valence-electron chi connectivity index (χ0n) is 14.7. The Morgan fingerprint density at radius 3 is 2.54 bits per heavy atom. The number of hydrogen-bond donors (Lipinski definition) is 0. The summed E-state index contributed by atoms with van der Waals surface area (Å²) in [4.78, 5) is 13.3. The molecule has 0 atom stereocenters. The van der Waals surface area contributed by atoms with Crippen molar-refractivity contribution in [3.05, 3.63) is 54.9 Å². The van der Waals surface area contributed by atoms with Crippen LogP contribution in [0, 0.1) is 0 Å². The Morgan fingerprint density at radius 1 is 0.962 bits per heavy atom. The quantitative estimate of drug-likeness (QED) is 0.512. The van der Waals surface area contributed by atoms with Crippen LogP contribution in [0.15, 0.2) is 59.3 Å². The summed E-state index contributed by atoms with van der Waals surface area (Å²) in [7, 11) is 6.41. The first-order chi connectivity index (χ1) is 12.5. The van der Waals surface area contributed by atoms with Crippen LogP contribution in [0.3, 0.4) is 0 Å². The van der Waals surface area contributed by atoms with E-state index in [4.69, 9.17) is 12.3 Å². The fourth-order valence-electron chi connectivity index (χ4n) is 3.61. The van der Waals surface area contributed by atoms with Crippen LogP contribution in [0.25, 0.3) is 22.1 Å². The highest BCUT2D eigenvalue weighted by Gasteiger charge is 2.35. The van der Waals surface area contributed by atoms with Crippen LogP contribution < -0.4 is 9.80 Å². The molecule has 0 aliphatic carbocycles. The normalized spacial score (nSPS) is 14.4. The maximum atomic E-state index is 6.41. The number of pyridine rings is 2. The van der Waals surface area contributed by atoms with E-state index in [1.165, 1.54) is 0 Å². The Morgan fingerprint density at radius 2 is 1.69 bits per heavy atom. The number of fused-ring (bicyclic) bond motifs is 4. The van der Waals surface area contributed by atoms with Gasteiger partial charge < -0.3 is 14.2 Å². The van der Waals surface area contributed by atoms with Gasteiger partial charge in [0.2, 0.25) is 5.71 Å². The second kappa shape index (κ2) is 5.24. The van der Waals surface area contributed by atoms with Gasteiger partial charge in [-0.2, -0.15) is 0 Å². The monoisotopic (exact) mass is 340 g/mol. The van der Waals surface area contributed by atoms with Gasteiger partial charge in [-0.15, -0.1) is 0 Å². The van der Waals surface area contributed by atoms with Crippen molar-refractivity contribution in [2.75, 3.05) is 16.5 Å². The van der Waals surface area contributed by atoms with E-state index in [0.717, 1.165) is 33.5 Å². The summed E-state index contributed by atoms with van der Waals surface area (Å²) in [5, 5.41) is 2.06. The van der Waals surface area contributed by atoms with Gasteiger partial charge in [-0.1, -0.05) is 26.0 Å². The molecule has 126 valence electrons. The van der Waals surface area contributed by atoms with Gasteiger partial charge in [-0.3, -0.25) is 0 Å². The van der Waals surface area contributed by atoms with E-state index in [-0.39, 0.29) is 0 Å². The summed E-state index contributed by atoms with van der Waals surface area (Å²) in [5.74, 6) is 0.881. The molecule has 5 rings (SSSR count). The number of hydrogen-bond acceptors (Lipinski definition) is 5. The Labute approximate surface area is 152 Å². The summed E-state index contributed by atoms with van der Waals surface area (Å²) >= 11 is 0. The summed E-state index contributed by atoms with van der Waals surface area (Å²) in [6, 6.07) is 14.1. The molecule has 0 fully saturated rings. The first kappa shape index (κ1) is 15.3. The molecule has 5 nitrogen and oxygen atoms in total. The number of furan rings is 1.